The first-order valence-electron chi connectivity index (χ1n) is 9.09. The monoisotopic (exact) mass is 442 g/mol. The van der Waals surface area contributed by atoms with Gasteiger partial charge in [-0.25, -0.2) is 18.4 Å². The Balaban J connectivity index is 1.60. The van der Waals surface area contributed by atoms with Gasteiger partial charge in [0.05, 0.1) is 21.0 Å². The second-order valence-corrected chi connectivity index (χ2v) is 10.8. The summed E-state index contributed by atoms with van der Waals surface area (Å²) in [4.78, 5) is 21.2. The summed E-state index contributed by atoms with van der Waals surface area (Å²) in [6, 6.07) is 16.8. The van der Waals surface area contributed by atoms with Crippen LogP contribution in [0.3, 0.4) is 0 Å². The van der Waals surface area contributed by atoms with E-state index in [-0.39, 0.29) is 28.2 Å². The third-order valence-electron chi connectivity index (χ3n) is 4.57. The minimum atomic E-state index is -3.55. The minimum Gasteiger partial charge on any atom is -0.294 e. The lowest BCUT2D eigenvalue weighted by Crippen LogP contribution is -2.16. The van der Waals surface area contributed by atoms with Crippen molar-refractivity contribution in [3.63, 3.8) is 0 Å². The topological polar surface area (TPSA) is 77.0 Å². The van der Waals surface area contributed by atoms with Gasteiger partial charge in [0.25, 0.3) is 0 Å². The third kappa shape index (κ3) is 4.60. The van der Waals surface area contributed by atoms with Crippen LogP contribution in [0, 0.1) is 0 Å². The Bertz CT molecular complexity index is 1180. The van der Waals surface area contributed by atoms with Crippen LogP contribution in [0.2, 0.25) is 0 Å². The number of thiazole rings is 2. The molecule has 4 aromatic rings. The zero-order valence-corrected chi connectivity index (χ0v) is 17.8. The Kier molecular flexibility index (Phi) is 5.84. The summed E-state index contributed by atoms with van der Waals surface area (Å²) in [6.07, 6.45) is 2.17. The third-order valence-corrected chi connectivity index (χ3v) is 8.86. The molecule has 0 saturated carbocycles. The van der Waals surface area contributed by atoms with E-state index in [0.717, 1.165) is 26.6 Å². The van der Waals surface area contributed by atoms with Crippen LogP contribution in [-0.2, 0) is 9.84 Å². The Hall–Kier alpha value is -2.42. The summed E-state index contributed by atoms with van der Waals surface area (Å²) in [5.74, 6) is -0.472. The molecule has 0 aliphatic rings. The maximum Gasteiger partial charge on any atom is 0.209 e. The van der Waals surface area contributed by atoms with E-state index in [1.54, 1.807) is 17.5 Å². The van der Waals surface area contributed by atoms with Gasteiger partial charge < -0.3 is 0 Å². The van der Waals surface area contributed by atoms with Crippen molar-refractivity contribution in [3.05, 3.63) is 76.7 Å². The number of fused-ring (bicyclic) bond motifs is 1. The molecule has 4 rings (SSSR count). The Morgan fingerprint density at radius 2 is 1.79 bits per heavy atom. The molecule has 0 spiro atoms. The molecule has 0 N–H and O–H groups in total. The Morgan fingerprint density at radius 1 is 1.03 bits per heavy atom. The van der Waals surface area contributed by atoms with Crippen molar-refractivity contribution >= 4 is 48.5 Å². The summed E-state index contributed by atoms with van der Waals surface area (Å²) in [7, 11) is -3.55. The highest BCUT2D eigenvalue weighted by Gasteiger charge is 2.27. The first-order chi connectivity index (χ1) is 14.0. The largest absolute Gasteiger partial charge is 0.294 e. The van der Waals surface area contributed by atoms with Crippen molar-refractivity contribution in [1.29, 1.82) is 0 Å². The van der Waals surface area contributed by atoms with Gasteiger partial charge in [-0.3, -0.25) is 4.79 Å². The second-order valence-electron chi connectivity index (χ2n) is 6.62. The molecule has 29 heavy (non-hydrogen) atoms. The van der Waals surface area contributed by atoms with Crippen LogP contribution in [0.5, 0.6) is 0 Å². The lowest BCUT2D eigenvalue weighted by Gasteiger charge is -2.13. The number of carbonyl (C=O) groups is 1. The molecule has 0 fully saturated rings. The van der Waals surface area contributed by atoms with E-state index in [1.807, 2.05) is 42.5 Å². The van der Waals surface area contributed by atoms with Crippen LogP contribution in [0.4, 0.5) is 0 Å². The molecular weight excluding hydrogens is 424 g/mol. The number of nitrogens with zero attached hydrogens (tertiary/aromatic N) is 2. The number of carbonyl (C=O) groups excluding carboxylic acids is 1. The number of hydrogen-bond donors (Lipinski definition) is 0. The Labute approximate surface area is 177 Å². The fraction of sp³-hybridized carbons (Fsp3) is 0.190. The molecular formula is C21H18N2O3S3. The predicted octanol–water partition coefficient (Wildman–Crippen LogP) is 4.97. The highest BCUT2D eigenvalue weighted by molar-refractivity contribution is 7.93. The van der Waals surface area contributed by atoms with Gasteiger partial charge in [-0.05, 0) is 18.6 Å². The number of ketones is 1. The molecule has 1 unspecified atom stereocenters. The van der Waals surface area contributed by atoms with Crippen molar-refractivity contribution in [3.8, 4) is 0 Å². The van der Waals surface area contributed by atoms with Gasteiger partial charge in [0.1, 0.15) is 0 Å². The van der Waals surface area contributed by atoms with Crippen molar-refractivity contribution in [2.75, 3.05) is 5.75 Å². The number of benzene rings is 2. The van der Waals surface area contributed by atoms with E-state index >= 15 is 0 Å². The van der Waals surface area contributed by atoms with E-state index in [0.29, 0.717) is 12.0 Å². The SMILES string of the molecule is O=C(CCC(CS(=O)(=O)c1nccs1)c1nc2ccccc2s1)c1ccccc1. The predicted molar refractivity (Wildman–Crippen MR) is 117 cm³/mol. The van der Waals surface area contributed by atoms with Crippen molar-refractivity contribution in [1.82, 2.24) is 9.97 Å². The lowest BCUT2D eigenvalue weighted by molar-refractivity contribution is 0.0978. The molecule has 2 aromatic heterocycles. The van der Waals surface area contributed by atoms with Crippen molar-refractivity contribution < 1.29 is 13.2 Å². The maximum atomic E-state index is 12.8. The molecule has 1 atom stereocenters. The van der Waals surface area contributed by atoms with E-state index in [1.165, 1.54) is 17.5 Å². The van der Waals surface area contributed by atoms with Gasteiger partial charge in [0, 0.05) is 29.5 Å². The molecule has 0 radical (unpaired) electrons. The molecule has 0 amide bonds. The standard InChI is InChI=1S/C21H18N2O3S3/c24-18(15-6-2-1-3-7-15)11-10-16(14-29(25,26)21-22-12-13-27-21)20-23-17-8-4-5-9-19(17)28-20/h1-9,12-13,16H,10-11,14H2. The van der Waals surface area contributed by atoms with Crippen LogP contribution < -0.4 is 0 Å². The molecule has 2 aromatic carbocycles. The molecule has 8 heteroatoms. The fourth-order valence-electron chi connectivity index (χ4n) is 3.12. The molecule has 5 nitrogen and oxygen atoms in total. The van der Waals surface area contributed by atoms with Gasteiger partial charge in [0.15, 0.2) is 5.78 Å². The number of hydrogen-bond acceptors (Lipinski definition) is 7. The normalized spacial score (nSPS) is 12.8. The molecule has 0 aliphatic carbocycles. The molecule has 0 bridgehead atoms. The first-order valence-corrected chi connectivity index (χ1v) is 12.4. The quantitative estimate of drug-likeness (QED) is 0.360. The summed E-state index contributed by atoms with van der Waals surface area (Å²) in [5.41, 5.74) is 1.48. The number of sulfone groups is 1. The van der Waals surface area contributed by atoms with Gasteiger partial charge in [-0.2, -0.15) is 0 Å². The van der Waals surface area contributed by atoms with Gasteiger partial charge >= 0.3 is 0 Å². The van der Waals surface area contributed by atoms with Gasteiger partial charge in [-0.1, -0.05) is 42.5 Å². The van der Waals surface area contributed by atoms with Crippen LogP contribution in [0.15, 0.2) is 70.5 Å². The molecule has 0 aliphatic heterocycles. The fourth-order valence-corrected chi connectivity index (χ4v) is 6.86. The zero-order chi connectivity index (χ0) is 20.3. The number of Topliss-reactive ketones (excluding diaryl/α,β-unsaturated/α-hetero) is 1. The van der Waals surface area contributed by atoms with Crippen molar-refractivity contribution in [2.24, 2.45) is 0 Å². The van der Waals surface area contributed by atoms with Gasteiger partial charge in [-0.15, -0.1) is 22.7 Å². The summed E-state index contributed by atoms with van der Waals surface area (Å²) in [6.45, 7) is 0. The van der Waals surface area contributed by atoms with E-state index in [2.05, 4.69) is 9.97 Å². The summed E-state index contributed by atoms with van der Waals surface area (Å²) < 4.78 is 26.8. The first kappa shape index (κ1) is 19.9. The smallest absolute Gasteiger partial charge is 0.209 e. The average molecular weight is 443 g/mol. The van der Waals surface area contributed by atoms with Crippen LogP contribution in [0.1, 0.15) is 34.1 Å². The zero-order valence-electron chi connectivity index (χ0n) is 15.4. The summed E-state index contributed by atoms with van der Waals surface area (Å²) in [5, 5.41) is 2.39. The molecule has 148 valence electrons. The minimum absolute atomic E-state index is 0.00311. The second kappa shape index (κ2) is 8.52. The van der Waals surface area contributed by atoms with Crippen LogP contribution in [-0.4, -0.2) is 29.9 Å². The highest BCUT2D eigenvalue weighted by Crippen LogP contribution is 2.33. The van der Waals surface area contributed by atoms with E-state index in [9.17, 15) is 13.2 Å². The number of para-hydroxylation sites is 1. The van der Waals surface area contributed by atoms with E-state index in [4.69, 9.17) is 0 Å². The van der Waals surface area contributed by atoms with Gasteiger partial charge in [0.2, 0.25) is 14.2 Å². The summed E-state index contributed by atoms with van der Waals surface area (Å²) >= 11 is 2.60. The Morgan fingerprint density at radius 3 is 2.52 bits per heavy atom. The highest BCUT2D eigenvalue weighted by atomic mass is 32.2. The average Bonchev–Trinajstić information content (AvgIpc) is 3.41. The van der Waals surface area contributed by atoms with Crippen molar-refractivity contribution in [2.45, 2.75) is 23.1 Å². The van der Waals surface area contributed by atoms with Crippen LogP contribution >= 0.6 is 22.7 Å². The molecule has 2 heterocycles. The van der Waals surface area contributed by atoms with E-state index < -0.39 is 9.84 Å². The van der Waals surface area contributed by atoms with Crippen LogP contribution in [0.25, 0.3) is 10.2 Å². The maximum absolute atomic E-state index is 12.8. The molecule has 0 saturated heterocycles. The number of aromatic nitrogens is 2. The number of rotatable bonds is 8. The lowest BCUT2D eigenvalue weighted by atomic mass is 10.0.